The van der Waals surface area contributed by atoms with Crippen molar-refractivity contribution >= 4 is 27.5 Å². The Hall–Kier alpha value is -0.900. The van der Waals surface area contributed by atoms with E-state index in [0.29, 0.717) is 12.1 Å². The summed E-state index contributed by atoms with van der Waals surface area (Å²) >= 11 is 3.25. The van der Waals surface area contributed by atoms with Gasteiger partial charge in [-0.05, 0) is 37.1 Å². The molecule has 2 nitrogen and oxygen atoms in total. The fourth-order valence-corrected chi connectivity index (χ4v) is 1.28. The third-order valence-corrected chi connectivity index (χ3v) is 3.15. The van der Waals surface area contributed by atoms with Gasteiger partial charge in [-0.2, -0.15) is 0 Å². The Labute approximate surface area is 97.0 Å². The van der Waals surface area contributed by atoms with Crippen LogP contribution in [0.15, 0.2) is 18.2 Å². The Morgan fingerprint density at radius 1 is 1.60 bits per heavy atom. The summed E-state index contributed by atoms with van der Waals surface area (Å²) in [4.78, 5) is 11.3. The monoisotopic (exact) mass is 273 g/mol. The van der Waals surface area contributed by atoms with Crippen LogP contribution >= 0.6 is 15.9 Å². The van der Waals surface area contributed by atoms with Crippen molar-refractivity contribution in [2.45, 2.75) is 25.1 Å². The molecule has 1 atom stereocenters. The molecule has 0 aliphatic carbocycles. The van der Waals surface area contributed by atoms with Crippen LogP contribution in [0.4, 0.5) is 10.1 Å². The molecule has 82 valence electrons. The number of aryl methyl sites for hydroxylation is 1. The first-order valence-electron chi connectivity index (χ1n) is 4.75. The second kappa shape index (κ2) is 5.26. The number of nitrogens with one attached hydrogen (secondary N) is 1. The molecule has 0 spiro atoms. The third-order valence-electron chi connectivity index (χ3n) is 2.09. The van der Waals surface area contributed by atoms with Crippen LogP contribution in [0.3, 0.4) is 0 Å². The van der Waals surface area contributed by atoms with E-state index in [1.807, 2.05) is 6.92 Å². The average molecular weight is 274 g/mol. The second-order valence-corrected chi connectivity index (χ2v) is 4.43. The van der Waals surface area contributed by atoms with E-state index in [0.717, 1.165) is 5.56 Å². The molecule has 1 N–H and O–H groups in total. The number of alkyl halides is 1. The lowest BCUT2D eigenvalue weighted by atomic mass is 10.2. The lowest BCUT2D eigenvalue weighted by molar-refractivity contribution is -0.115. The van der Waals surface area contributed by atoms with Crippen LogP contribution in [-0.4, -0.2) is 10.7 Å². The molecule has 1 aromatic rings. The van der Waals surface area contributed by atoms with E-state index in [-0.39, 0.29) is 16.6 Å². The van der Waals surface area contributed by atoms with Crippen molar-refractivity contribution in [3.63, 3.8) is 0 Å². The molecule has 1 aromatic carbocycles. The Morgan fingerprint density at radius 3 is 2.80 bits per heavy atom. The van der Waals surface area contributed by atoms with Gasteiger partial charge in [-0.3, -0.25) is 4.79 Å². The highest BCUT2D eigenvalue weighted by molar-refractivity contribution is 9.10. The molecule has 1 unspecified atom stereocenters. The third kappa shape index (κ3) is 3.30. The standard InChI is InChI=1S/C11H13BrFNO/c1-3-9(12)11(15)14-10-5-4-8(13)6-7(10)2/h4-6,9H,3H2,1-2H3,(H,14,15). The molecular weight excluding hydrogens is 261 g/mol. The maximum absolute atomic E-state index is 12.8. The summed E-state index contributed by atoms with van der Waals surface area (Å²) in [5.74, 6) is -0.399. The maximum Gasteiger partial charge on any atom is 0.238 e. The van der Waals surface area contributed by atoms with E-state index in [2.05, 4.69) is 21.2 Å². The highest BCUT2D eigenvalue weighted by atomic mass is 79.9. The average Bonchev–Trinajstić information content (AvgIpc) is 2.20. The van der Waals surface area contributed by atoms with Crippen molar-refractivity contribution in [3.8, 4) is 0 Å². The first-order valence-corrected chi connectivity index (χ1v) is 5.67. The molecule has 0 saturated carbocycles. The lowest BCUT2D eigenvalue weighted by Gasteiger charge is -2.10. The maximum atomic E-state index is 12.8. The number of amides is 1. The van der Waals surface area contributed by atoms with Crippen molar-refractivity contribution in [3.05, 3.63) is 29.6 Å². The molecular formula is C11H13BrFNO. The van der Waals surface area contributed by atoms with Gasteiger partial charge < -0.3 is 5.32 Å². The number of halogens is 2. The number of carbonyl (C=O) groups is 1. The Balaban J connectivity index is 2.77. The number of rotatable bonds is 3. The zero-order chi connectivity index (χ0) is 11.4. The molecule has 0 saturated heterocycles. The first kappa shape index (κ1) is 12.2. The van der Waals surface area contributed by atoms with Crippen LogP contribution < -0.4 is 5.32 Å². The summed E-state index contributed by atoms with van der Waals surface area (Å²) in [5.41, 5.74) is 1.37. The van der Waals surface area contributed by atoms with Crippen LogP contribution in [0.5, 0.6) is 0 Å². The smallest absolute Gasteiger partial charge is 0.238 e. The SMILES string of the molecule is CCC(Br)C(=O)Nc1ccc(F)cc1C. The van der Waals surface area contributed by atoms with Crippen LogP contribution in [0, 0.1) is 12.7 Å². The highest BCUT2D eigenvalue weighted by Crippen LogP contribution is 2.17. The highest BCUT2D eigenvalue weighted by Gasteiger charge is 2.13. The van der Waals surface area contributed by atoms with E-state index in [1.165, 1.54) is 12.1 Å². The van der Waals surface area contributed by atoms with E-state index in [9.17, 15) is 9.18 Å². The molecule has 0 fully saturated rings. The summed E-state index contributed by atoms with van der Waals surface area (Å²) < 4.78 is 12.8. The summed E-state index contributed by atoms with van der Waals surface area (Å²) in [6.45, 7) is 3.67. The topological polar surface area (TPSA) is 29.1 Å². The van der Waals surface area contributed by atoms with Gasteiger partial charge >= 0.3 is 0 Å². The minimum absolute atomic E-state index is 0.104. The summed E-state index contributed by atoms with van der Waals surface area (Å²) in [6.07, 6.45) is 0.714. The minimum atomic E-state index is -0.295. The predicted molar refractivity (Wildman–Crippen MR) is 62.8 cm³/mol. The molecule has 1 amide bonds. The largest absolute Gasteiger partial charge is 0.325 e. The molecule has 0 heterocycles. The van der Waals surface area contributed by atoms with Gasteiger partial charge in [0.05, 0.1) is 4.83 Å². The van der Waals surface area contributed by atoms with Gasteiger partial charge in [0.25, 0.3) is 0 Å². The number of anilines is 1. The number of benzene rings is 1. The Bertz CT molecular complexity index is 368. The lowest BCUT2D eigenvalue weighted by Crippen LogP contribution is -2.22. The molecule has 0 aliphatic heterocycles. The fourth-order valence-electron chi connectivity index (χ4n) is 1.16. The van der Waals surface area contributed by atoms with Crippen molar-refractivity contribution in [1.82, 2.24) is 0 Å². The van der Waals surface area contributed by atoms with Crippen LogP contribution in [0.2, 0.25) is 0 Å². The van der Waals surface area contributed by atoms with E-state index >= 15 is 0 Å². The predicted octanol–water partition coefficient (Wildman–Crippen LogP) is 3.25. The molecule has 0 bridgehead atoms. The second-order valence-electron chi connectivity index (χ2n) is 3.32. The summed E-state index contributed by atoms with van der Waals surface area (Å²) in [5, 5.41) is 2.74. The van der Waals surface area contributed by atoms with Gasteiger partial charge in [0.1, 0.15) is 5.82 Å². The first-order chi connectivity index (χ1) is 7.04. The number of carbonyl (C=O) groups excluding carboxylic acids is 1. The zero-order valence-corrected chi connectivity index (χ0v) is 10.3. The summed E-state index contributed by atoms with van der Waals surface area (Å²) in [7, 11) is 0. The van der Waals surface area contributed by atoms with Crippen LogP contribution in [-0.2, 0) is 4.79 Å². The van der Waals surface area contributed by atoms with Gasteiger partial charge in [-0.25, -0.2) is 4.39 Å². The molecule has 15 heavy (non-hydrogen) atoms. The van der Waals surface area contributed by atoms with E-state index in [1.54, 1.807) is 13.0 Å². The Kier molecular flexibility index (Phi) is 4.27. The van der Waals surface area contributed by atoms with Gasteiger partial charge in [0.15, 0.2) is 0 Å². The van der Waals surface area contributed by atoms with Crippen molar-refractivity contribution in [2.75, 3.05) is 5.32 Å². The fraction of sp³-hybridized carbons (Fsp3) is 0.364. The van der Waals surface area contributed by atoms with Crippen molar-refractivity contribution < 1.29 is 9.18 Å². The van der Waals surface area contributed by atoms with E-state index < -0.39 is 0 Å². The minimum Gasteiger partial charge on any atom is -0.325 e. The van der Waals surface area contributed by atoms with Crippen LogP contribution in [0.1, 0.15) is 18.9 Å². The van der Waals surface area contributed by atoms with Gasteiger partial charge in [-0.15, -0.1) is 0 Å². The molecule has 0 aromatic heterocycles. The number of hydrogen-bond donors (Lipinski definition) is 1. The Morgan fingerprint density at radius 2 is 2.27 bits per heavy atom. The molecule has 4 heteroatoms. The quantitative estimate of drug-likeness (QED) is 0.842. The van der Waals surface area contributed by atoms with E-state index in [4.69, 9.17) is 0 Å². The zero-order valence-electron chi connectivity index (χ0n) is 8.68. The van der Waals surface area contributed by atoms with Crippen molar-refractivity contribution in [2.24, 2.45) is 0 Å². The molecule has 0 aliphatic rings. The van der Waals surface area contributed by atoms with Gasteiger partial charge in [0.2, 0.25) is 5.91 Å². The number of hydrogen-bond acceptors (Lipinski definition) is 1. The normalized spacial score (nSPS) is 12.3. The van der Waals surface area contributed by atoms with Gasteiger partial charge in [0, 0.05) is 5.69 Å². The molecule has 0 radical (unpaired) electrons. The molecule has 1 rings (SSSR count). The van der Waals surface area contributed by atoms with Gasteiger partial charge in [-0.1, -0.05) is 22.9 Å². The van der Waals surface area contributed by atoms with Crippen LogP contribution in [0.25, 0.3) is 0 Å². The van der Waals surface area contributed by atoms with Crippen molar-refractivity contribution in [1.29, 1.82) is 0 Å². The summed E-state index contributed by atoms with van der Waals surface area (Å²) in [6, 6.07) is 4.29.